The first kappa shape index (κ1) is 16.6. The fraction of sp³-hybridized carbons (Fsp3) is 0.294. The van der Waals surface area contributed by atoms with Crippen LogP contribution in [-0.2, 0) is 19.0 Å². The Balaban J connectivity index is 2.30. The molecule has 23 heavy (non-hydrogen) atoms. The summed E-state index contributed by atoms with van der Waals surface area (Å²) >= 11 is 0. The number of rotatable bonds is 5. The van der Waals surface area contributed by atoms with Gasteiger partial charge in [-0.15, -0.1) is 0 Å². The number of anilines is 1. The quantitative estimate of drug-likeness (QED) is 0.667. The third kappa shape index (κ3) is 4.35. The second kappa shape index (κ2) is 8.03. The molecule has 1 heterocycles. The van der Waals surface area contributed by atoms with Crippen molar-refractivity contribution < 1.29 is 23.8 Å². The lowest BCUT2D eigenvalue weighted by Gasteiger charge is -2.12. The van der Waals surface area contributed by atoms with E-state index in [4.69, 9.17) is 9.47 Å². The number of para-hydroxylation sites is 1. The highest BCUT2D eigenvalue weighted by Crippen LogP contribution is 2.33. The maximum atomic E-state index is 11.6. The smallest absolute Gasteiger partial charge is 0.411 e. The van der Waals surface area contributed by atoms with Gasteiger partial charge in [0.1, 0.15) is 5.76 Å². The van der Waals surface area contributed by atoms with Crippen molar-refractivity contribution in [3.8, 4) is 0 Å². The molecule has 0 aromatic heterocycles. The second-order valence-electron chi connectivity index (χ2n) is 4.70. The van der Waals surface area contributed by atoms with Crippen LogP contribution in [0, 0.1) is 0 Å². The standard InChI is InChI=1S/C17H19NO5/c1-3-22-17(20)18-14-7-5-4-6-13(14)16-12(10-11-23-16)8-9-15(19)21-2/h4-9H,3,10-11H2,1-2H3,(H,18,20)/b9-8+. The first-order valence-corrected chi connectivity index (χ1v) is 7.30. The maximum absolute atomic E-state index is 11.6. The molecule has 0 aliphatic carbocycles. The van der Waals surface area contributed by atoms with Gasteiger partial charge in [0.25, 0.3) is 0 Å². The summed E-state index contributed by atoms with van der Waals surface area (Å²) in [5.74, 6) is 0.208. The summed E-state index contributed by atoms with van der Waals surface area (Å²) in [7, 11) is 1.33. The summed E-state index contributed by atoms with van der Waals surface area (Å²) in [6, 6.07) is 7.27. The van der Waals surface area contributed by atoms with Crippen molar-refractivity contribution in [2.75, 3.05) is 25.6 Å². The van der Waals surface area contributed by atoms with E-state index in [1.54, 1.807) is 19.1 Å². The van der Waals surface area contributed by atoms with E-state index in [1.807, 2.05) is 18.2 Å². The average molecular weight is 317 g/mol. The van der Waals surface area contributed by atoms with E-state index in [2.05, 4.69) is 10.1 Å². The average Bonchev–Trinajstić information content (AvgIpc) is 3.01. The Morgan fingerprint density at radius 2 is 2.13 bits per heavy atom. The van der Waals surface area contributed by atoms with E-state index in [1.165, 1.54) is 13.2 Å². The lowest BCUT2D eigenvalue weighted by Crippen LogP contribution is -2.14. The highest BCUT2D eigenvalue weighted by molar-refractivity contribution is 5.90. The molecule has 0 saturated carbocycles. The van der Waals surface area contributed by atoms with Crippen LogP contribution in [0.3, 0.4) is 0 Å². The third-order valence-corrected chi connectivity index (χ3v) is 3.22. The minimum atomic E-state index is -0.523. The van der Waals surface area contributed by atoms with Crippen molar-refractivity contribution in [1.29, 1.82) is 0 Å². The topological polar surface area (TPSA) is 73.9 Å². The molecule has 6 nitrogen and oxygen atoms in total. The number of carbonyl (C=O) groups excluding carboxylic acids is 2. The lowest BCUT2D eigenvalue weighted by molar-refractivity contribution is -0.134. The molecule has 2 rings (SSSR count). The summed E-state index contributed by atoms with van der Waals surface area (Å²) in [5, 5.41) is 2.69. The van der Waals surface area contributed by atoms with Gasteiger partial charge in [0, 0.05) is 18.1 Å². The van der Waals surface area contributed by atoms with Gasteiger partial charge in [-0.1, -0.05) is 12.1 Å². The lowest BCUT2D eigenvalue weighted by atomic mass is 10.1. The van der Waals surface area contributed by atoms with Crippen LogP contribution >= 0.6 is 0 Å². The first-order valence-electron chi connectivity index (χ1n) is 7.30. The van der Waals surface area contributed by atoms with Crippen LogP contribution in [0.1, 0.15) is 18.9 Å². The molecule has 0 unspecified atom stereocenters. The van der Waals surface area contributed by atoms with Crippen molar-refractivity contribution in [3.05, 3.63) is 47.6 Å². The van der Waals surface area contributed by atoms with Crippen molar-refractivity contribution in [1.82, 2.24) is 0 Å². The van der Waals surface area contributed by atoms with Crippen molar-refractivity contribution >= 4 is 23.5 Å². The van der Waals surface area contributed by atoms with E-state index in [9.17, 15) is 9.59 Å². The van der Waals surface area contributed by atoms with Crippen LogP contribution < -0.4 is 5.32 Å². The van der Waals surface area contributed by atoms with E-state index >= 15 is 0 Å². The number of ether oxygens (including phenoxy) is 3. The predicted octanol–water partition coefficient (Wildman–Crippen LogP) is 3.12. The number of hydrogen-bond donors (Lipinski definition) is 1. The fourth-order valence-electron chi connectivity index (χ4n) is 2.18. The van der Waals surface area contributed by atoms with Crippen LogP contribution in [0.25, 0.3) is 5.76 Å². The van der Waals surface area contributed by atoms with Crippen LogP contribution in [-0.4, -0.2) is 32.4 Å². The Morgan fingerprint density at radius 1 is 1.35 bits per heavy atom. The molecule has 1 amide bonds. The van der Waals surface area contributed by atoms with E-state index in [0.29, 0.717) is 31.1 Å². The number of nitrogens with one attached hydrogen (secondary N) is 1. The van der Waals surface area contributed by atoms with Gasteiger partial charge < -0.3 is 14.2 Å². The van der Waals surface area contributed by atoms with Crippen LogP contribution in [0.5, 0.6) is 0 Å². The minimum absolute atomic E-state index is 0.292. The highest BCUT2D eigenvalue weighted by Gasteiger charge is 2.19. The Labute approximate surface area is 134 Å². The number of allylic oxidation sites excluding steroid dienone is 1. The fourth-order valence-corrected chi connectivity index (χ4v) is 2.18. The minimum Gasteiger partial charge on any atom is -0.492 e. The highest BCUT2D eigenvalue weighted by atomic mass is 16.5. The van der Waals surface area contributed by atoms with E-state index < -0.39 is 12.1 Å². The van der Waals surface area contributed by atoms with Crippen LogP contribution in [0.2, 0.25) is 0 Å². The molecule has 0 saturated heterocycles. The zero-order valence-corrected chi connectivity index (χ0v) is 13.1. The molecule has 1 N–H and O–H groups in total. The zero-order chi connectivity index (χ0) is 16.7. The van der Waals surface area contributed by atoms with Gasteiger partial charge in [-0.05, 0) is 30.7 Å². The van der Waals surface area contributed by atoms with Gasteiger partial charge in [0.05, 0.1) is 26.0 Å². The predicted molar refractivity (Wildman–Crippen MR) is 85.7 cm³/mol. The largest absolute Gasteiger partial charge is 0.492 e. The summed E-state index contributed by atoms with van der Waals surface area (Å²) in [6.45, 7) is 2.55. The number of methoxy groups -OCH3 is 1. The van der Waals surface area contributed by atoms with Crippen molar-refractivity contribution in [3.63, 3.8) is 0 Å². The molecule has 0 atom stereocenters. The van der Waals surface area contributed by atoms with Gasteiger partial charge in [-0.25, -0.2) is 9.59 Å². The number of benzene rings is 1. The second-order valence-corrected chi connectivity index (χ2v) is 4.70. The summed E-state index contributed by atoms with van der Waals surface area (Å²) in [6.07, 6.45) is 3.18. The molecule has 6 heteroatoms. The summed E-state index contributed by atoms with van der Waals surface area (Å²) < 4.78 is 15.2. The Bertz CT molecular complexity index is 648. The van der Waals surface area contributed by atoms with Gasteiger partial charge in [-0.3, -0.25) is 5.32 Å². The molecule has 1 aliphatic heterocycles. The molecule has 1 aromatic carbocycles. The summed E-state index contributed by atoms with van der Waals surface area (Å²) in [5.41, 5.74) is 2.20. The molecule has 0 radical (unpaired) electrons. The van der Waals surface area contributed by atoms with Gasteiger partial charge in [-0.2, -0.15) is 0 Å². The first-order chi connectivity index (χ1) is 11.2. The molecule has 0 spiro atoms. The SMILES string of the molecule is CCOC(=O)Nc1ccccc1C1=C(/C=C/C(=O)OC)CCO1. The monoisotopic (exact) mass is 317 g/mol. The Hall–Kier alpha value is -2.76. The van der Waals surface area contributed by atoms with Gasteiger partial charge in [0.15, 0.2) is 0 Å². The number of amides is 1. The normalized spacial score (nSPS) is 13.8. The number of hydrogen-bond acceptors (Lipinski definition) is 5. The van der Waals surface area contributed by atoms with E-state index in [-0.39, 0.29) is 0 Å². The zero-order valence-electron chi connectivity index (χ0n) is 13.1. The molecular formula is C17H19NO5. The van der Waals surface area contributed by atoms with Crippen molar-refractivity contribution in [2.24, 2.45) is 0 Å². The molecule has 1 aromatic rings. The molecule has 1 aliphatic rings. The Morgan fingerprint density at radius 3 is 2.87 bits per heavy atom. The van der Waals surface area contributed by atoms with Gasteiger partial charge >= 0.3 is 12.1 Å². The van der Waals surface area contributed by atoms with Crippen molar-refractivity contribution in [2.45, 2.75) is 13.3 Å². The Kier molecular flexibility index (Phi) is 5.80. The van der Waals surface area contributed by atoms with E-state index in [0.717, 1.165) is 11.1 Å². The maximum Gasteiger partial charge on any atom is 0.411 e. The molecule has 122 valence electrons. The molecule has 0 fully saturated rings. The van der Waals surface area contributed by atoms with Crippen LogP contribution in [0.4, 0.5) is 10.5 Å². The summed E-state index contributed by atoms with van der Waals surface area (Å²) in [4.78, 5) is 22.9. The third-order valence-electron chi connectivity index (χ3n) is 3.22. The molecule has 0 bridgehead atoms. The van der Waals surface area contributed by atoms with Crippen LogP contribution in [0.15, 0.2) is 42.0 Å². The number of esters is 1. The number of carbonyl (C=O) groups is 2. The van der Waals surface area contributed by atoms with Gasteiger partial charge in [0.2, 0.25) is 0 Å². The molecular weight excluding hydrogens is 298 g/mol.